The number of hydrogen-bond donors (Lipinski definition) is 1. The Balaban J connectivity index is 1.82. The van der Waals surface area contributed by atoms with Gasteiger partial charge in [-0.15, -0.1) is 0 Å². The number of hydrogen-bond acceptors (Lipinski definition) is 1. The largest absolute Gasteiger partial charge is 0.406 e. The molecule has 0 heterocycles. The summed E-state index contributed by atoms with van der Waals surface area (Å²) < 4.78 is 38.7. The molecule has 0 saturated heterocycles. The van der Waals surface area contributed by atoms with Gasteiger partial charge in [-0.25, -0.2) is 0 Å². The van der Waals surface area contributed by atoms with Gasteiger partial charge in [-0.2, -0.15) is 13.2 Å². The normalized spacial score (nSPS) is 25.0. The molecule has 2 aliphatic rings. The molecule has 0 amide bonds. The lowest BCUT2D eigenvalue weighted by Crippen LogP contribution is -2.46. The SMILES string of the molecule is FC(F)(F)C1(NC2CCc3cc(Cl)ccc32)CC1. The average Bonchev–Trinajstić information content (AvgIpc) is 2.96. The molecule has 0 bridgehead atoms. The van der Waals surface area contributed by atoms with E-state index in [0.717, 1.165) is 17.5 Å². The van der Waals surface area contributed by atoms with Crippen LogP contribution >= 0.6 is 11.6 Å². The summed E-state index contributed by atoms with van der Waals surface area (Å²) in [7, 11) is 0. The molecule has 1 aromatic carbocycles. The predicted octanol–water partition coefficient (Wildman–Crippen LogP) is 4.01. The fourth-order valence-electron chi connectivity index (χ4n) is 2.70. The minimum atomic E-state index is -4.15. The number of alkyl halides is 3. The summed E-state index contributed by atoms with van der Waals surface area (Å²) in [6.45, 7) is 0. The standard InChI is InChI=1S/C13H13ClF3N/c14-9-2-3-10-8(7-9)1-4-11(10)18-12(5-6-12)13(15,16)17/h2-3,7,11,18H,1,4-6H2. The third-order valence-electron chi connectivity index (χ3n) is 3.93. The summed E-state index contributed by atoms with van der Waals surface area (Å²) in [6, 6.07) is 5.25. The minimum absolute atomic E-state index is 0.190. The van der Waals surface area contributed by atoms with Crippen LogP contribution in [-0.2, 0) is 6.42 Å². The van der Waals surface area contributed by atoms with E-state index in [0.29, 0.717) is 11.4 Å². The van der Waals surface area contributed by atoms with Crippen molar-refractivity contribution in [1.29, 1.82) is 0 Å². The average molecular weight is 276 g/mol. The van der Waals surface area contributed by atoms with Gasteiger partial charge in [0.1, 0.15) is 5.54 Å². The fraction of sp³-hybridized carbons (Fsp3) is 0.538. The lowest BCUT2D eigenvalue weighted by molar-refractivity contribution is -0.168. The first-order valence-electron chi connectivity index (χ1n) is 6.04. The zero-order chi connectivity index (χ0) is 13.0. The Morgan fingerprint density at radius 1 is 1.28 bits per heavy atom. The molecule has 98 valence electrons. The quantitative estimate of drug-likeness (QED) is 0.860. The zero-order valence-corrected chi connectivity index (χ0v) is 10.4. The van der Waals surface area contributed by atoms with Crippen molar-refractivity contribution < 1.29 is 13.2 Å². The lowest BCUT2D eigenvalue weighted by Gasteiger charge is -2.25. The molecule has 3 rings (SSSR count). The van der Waals surface area contributed by atoms with Gasteiger partial charge in [0, 0.05) is 11.1 Å². The second-order valence-corrected chi connectivity index (χ2v) is 5.60. The summed E-state index contributed by atoms with van der Waals surface area (Å²) in [5, 5.41) is 3.46. The van der Waals surface area contributed by atoms with E-state index in [1.165, 1.54) is 0 Å². The number of aryl methyl sites for hydroxylation is 1. The maximum atomic E-state index is 12.9. The van der Waals surface area contributed by atoms with Crippen molar-refractivity contribution in [3.8, 4) is 0 Å². The van der Waals surface area contributed by atoms with Crippen molar-refractivity contribution in [2.75, 3.05) is 0 Å². The summed E-state index contributed by atoms with van der Waals surface area (Å²) in [5.74, 6) is 0. The fourth-order valence-corrected chi connectivity index (χ4v) is 2.90. The predicted molar refractivity (Wildman–Crippen MR) is 63.7 cm³/mol. The second-order valence-electron chi connectivity index (χ2n) is 5.16. The Labute approximate surface area is 108 Å². The van der Waals surface area contributed by atoms with E-state index in [1.807, 2.05) is 12.1 Å². The van der Waals surface area contributed by atoms with Crippen LogP contribution in [-0.4, -0.2) is 11.7 Å². The molecule has 1 aromatic rings. The maximum Gasteiger partial charge on any atom is 0.406 e. The van der Waals surface area contributed by atoms with Crippen LogP contribution in [0.3, 0.4) is 0 Å². The monoisotopic (exact) mass is 275 g/mol. The van der Waals surface area contributed by atoms with Gasteiger partial charge in [0.25, 0.3) is 0 Å². The first kappa shape index (κ1) is 12.3. The number of nitrogens with one attached hydrogen (secondary N) is 1. The summed E-state index contributed by atoms with van der Waals surface area (Å²) in [5.41, 5.74) is 0.395. The van der Waals surface area contributed by atoms with Crippen molar-refractivity contribution in [3.05, 3.63) is 34.3 Å². The third-order valence-corrected chi connectivity index (χ3v) is 4.16. The van der Waals surface area contributed by atoms with Crippen molar-refractivity contribution in [3.63, 3.8) is 0 Å². The molecular formula is C13H13ClF3N. The van der Waals surface area contributed by atoms with Gasteiger partial charge in [0.2, 0.25) is 0 Å². The van der Waals surface area contributed by atoms with Crippen LogP contribution < -0.4 is 5.32 Å². The highest BCUT2D eigenvalue weighted by molar-refractivity contribution is 6.30. The summed E-state index contributed by atoms with van der Waals surface area (Å²) in [4.78, 5) is 0. The maximum absolute atomic E-state index is 12.9. The van der Waals surface area contributed by atoms with E-state index in [4.69, 9.17) is 11.6 Å². The van der Waals surface area contributed by atoms with Gasteiger partial charge in [0.15, 0.2) is 0 Å². The Morgan fingerprint density at radius 2 is 2.00 bits per heavy atom. The van der Waals surface area contributed by atoms with E-state index < -0.39 is 11.7 Å². The van der Waals surface area contributed by atoms with Crippen LogP contribution in [0.4, 0.5) is 13.2 Å². The van der Waals surface area contributed by atoms with Gasteiger partial charge in [-0.3, -0.25) is 5.32 Å². The molecule has 1 nitrogen and oxygen atoms in total. The Morgan fingerprint density at radius 3 is 2.61 bits per heavy atom. The molecule has 0 aromatic heterocycles. The van der Waals surface area contributed by atoms with E-state index in [1.54, 1.807) is 6.07 Å². The Hall–Kier alpha value is -0.740. The Kier molecular flexibility index (Phi) is 2.65. The first-order chi connectivity index (χ1) is 8.41. The molecule has 1 saturated carbocycles. The Bertz CT molecular complexity index is 480. The van der Waals surface area contributed by atoms with Crippen LogP contribution in [0.5, 0.6) is 0 Å². The smallest absolute Gasteiger partial charge is 0.297 e. The molecule has 0 radical (unpaired) electrons. The molecule has 2 aliphatic carbocycles. The summed E-state index contributed by atoms with van der Waals surface area (Å²) in [6.07, 6.45) is -2.26. The van der Waals surface area contributed by atoms with Crippen LogP contribution in [0.1, 0.15) is 36.4 Å². The summed E-state index contributed by atoms with van der Waals surface area (Å²) >= 11 is 5.89. The van der Waals surface area contributed by atoms with Gasteiger partial charge in [-0.1, -0.05) is 17.7 Å². The first-order valence-corrected chi connectivity index (χ1v) is 6.42. The van der Waals surface area contributed by atoms with Gasteiger partial charge in [0.05, 0.1) is 0 Å². The van der Waals surface area contributed by atoms with Crippen molar-refractivity contribution >= 4 is 11.6 Å². The van der Waals surface area contributed by atoms with Crippen molar-refractivity contribution in [1.82, 2.24) is 5.32 Å². The molecule has 1 N–H and O–H groups in total. The van der Waals surface area contributed by atoms with E-state index in [2.05, 4.69) is 5.32 Å². The van der Waals surface area contributed by atoms with E-state index in [9.17, 15) is 13.2 Å². The van der Waals surface area contributed by atoms with Crippen molar-refractivity contribution in [2.45, 2.75) is 43.4 Å². The molecule has 1 unspecified atom stereocenters. The van der Waals surface area contributed by atoms with Gasteiger partial charge >= 0.3 is 6.18 Å². The van der Waals surface area contributed by atoms with Gasteiger partial charge in [-0.05, 0) is 48.9 Å². The van der Waals surface area contributed by atoms with Crippen LogP contribution in [0.2, 0.25) is 5.02 Å². The zero-order valence-electron chi connectivity index (χ0n) is 9.65. The van der Waals surface area contributed by atoms with Crippen LogP contribution in [0.15, 0.2) is 18.2 Å². The lowest BCUT2D eigenvalue weighted by atomic mass is 10.1. The highest BCUT2D eigenvalue weighted by Crippen LogP contribution is 2.51. The highest BCUT2D eigenvalue weighted by Gasteiger charge is 2.64. The number of benzene rings is 1. The van der Waals surface area contributed by atoms with Crippen LogP contribution in [0, 0.1) is 0 Å². The van der Waals surface area contributed by atoms with Crippen molar-refractivity contribution in [2.24, 2.45) is 0 Å². The molecule has 0 spiro atoms. The van der Waals surface area contributed by atoms with Gasteiger partial charge < -0.3 is 0 Å². The molecule has 1 atom stereocenters. The topological polar surface area (TPSA) is 12.0 Å². The number of rotatable bonds is 2. The molecule has 1 fully saturated rings. The minimum Gasteiger partial charge on any atom is -0.297 e. The van der Waals surface area contributed by atoms with E-state index >= 15 is 0 Å². The van der Waals surface area contributed by atoms with E-state index in [-0.39, 0.29) is 18.9 Å². The molecule has 5 heteroatoms. The molecule has 0 aliphatic heterocycles. The number of halogens is 4. The third kappa shape index (κ3) is 1.91. The highest BCUT2D eigenvalue weighted by atomic mass is 35.5. The second kappa shape index (κ2) is 3.87. The molecule has 18 heavy (non-hydrogen) atoms. The van der Waals surface area contributed by atoms with Crippen LogP contribution in [0.25, 0.3) is 0 Å². The number of fused-ring (bicyclic) bond motifs is 1. The molecular weight excluding hydrogens is 263 g/mol.